The monoisotopic (exact) mass is 663 g/mol. The molecule has 0 saturated carbocycles. The lowest BCUT2D eigenvalue weighted by Gasteiger charge is -2.41. The summed E-state index contributed by atoms with van der Waals surface area (Å²) in [5.74, 6) is -0.405. The molecule has 0 radical (unpaired) electrons. The maximum absolute atomic E-state index is 12.6. The van der Waals surface area contributed by atoms with Gasteiger partial charge in [-0.3, -0.25) is 0 Å². The highest BCUT2D eigenvalue weighted by Gasteiger charge is 2.41. The van der Waals surface area contributed by atoms with E-state index < -0.39 is 12.1 Å². The third-order valence-electron chi connectivity index (χ3n) is 9.75. The van der Waals surface area contributed by atoms with E-state index in [2.05, 4.69) is 45.9 Å². The van der Waals surface area contributed by atoms with E-state index in [1.54, 1.807) is 0 Å². The van der Waals surface area contributed by atoms with Crippen molar-refractivity contribution in [3.05, 3.63) is 131 Å². The fraction of sp³-hybridized carbons (Fsp3) is 0.375. The third kappa shape index (κ3) is 8.38. The smallest absolute Gasteiger partial charge is 0.315 e. The van der Waals surface area contributed by atoms with E-state index in [4.69, 9.17) is 18.9 Å². The normalized spacial score (nSPS) is 22.2. The van der Waals surface area contributed by atoms with E-state index in [-0.39, 0.29) is 24.8 Å². The number of aliphatic hydroxyl groups is 1. The molecule has 3 N–H and O–H groups in total. The third-order valence-corrected chi connectivity index (χ3v) is 9.75. The van der Waals surface area contributed by atoms with Crippen LogP contribution >= 0.6 is 0 Å². The fourth-order valence-electron chi connectivity index (χ4n) is 6.98. The van der Waals surface area contributed by atoms with Crippen LogP contribution in [0.5, 0.6) is 0 Å². The number of urea groups is 1. The molecule has 0 bridgehead atoms. The van der Waals surface area contributed by atoms with Crippen LogP contribution in [0.25, 0.3) is 11.1 Å². The first-order valence-corrected chi connectivity index (χ1v) is 17.3. The fourth-order valence-corrected chi connectivity index (χ4v) is 6.98. The van der Waals surface area contributed by atoms with Crippen LogP contribution in [0.1, 0.15) is 59.5 Å². The van der Waals surface area contributed by atoms with Gasteiger partial charge in [0.2, 0.25) is 0 Å². The molecule has 3 aliphatic heterocycles. The molecule has 3 fully saturated rings. The molecule has 4 aromatic carbocycles. The molecule has 9 heteroatoms. The number of hydrogen-bond acceptors (Lipinski definition) is 7. The number of hydrogen-bond donors (Lipinski definition) is 3. The summed E-state index contributed by atoms with van der Waals surface area (Å²) in [6.45, 7) is 4.85. The van der Waals surface area contributed by atoms with Crippen LogP contribution in [0.3, 0.4) is 0 Å². The molecule has 0 aliphatic carbocycles. The second-order valence-corrected chi connectivity index (χ2v) is 13.1. The van der Waals surface area contributed by atoms with Gasteiger partial charge in [-0.05, 0) is 33.4 Å². The topological polar surface area (TPSA) is 102 Å². The molecule has 1 spiro atoms. The zero-order valence-corrected chi connectivity index (χ0v) is 27.8. The molecule has 4 aromatic rings. The lowest BCUT2D eigenvalue weighted by molar-refractivity contribution is -0.255. The van der Waals surface area contributed by atoms with E-state index >= 15 is 0 Å². The Hall–Kier alpha value is -4.09. The number of likely N-dealkylation sites (tertiary alicyclic amines) is 1. The first-order chi connectivity index (χ1) is 24.1. The summed E-state index contributed by atoms with van der Waals surface area (Å²) in [5.41, 5.74) is 7.09. The van der Waals surface area contributed by atoms with Crippen LogP contribution in [-0.4, -0.2) is 60.8 Å². The van der Waals surface area contributed by atoms with E-state index in [0.29, 0.717) is 26.3 Å². The number of amides is 2. The van der Waals surface area contributed by atoms with Crippen molar-refractivity contribution in [2.45, 2.75) is 63.2 Å². The van der Waals surface area contributed by atoms with E-state index in [1.165, 1.54) is 0 Å². The number of ether oxygens (including phenoxy) is 4. The number of rotatable bonds is 10. The zero-order chi connectivity index (χ0) is 33.5. The van der Waals surface area contributed by atoms with Crippen LogP contribution in [0, 0.1) is 0 Å². The molecule has 7 rings (SSSR count). The lowest BCUT2D eigenvalue weighted by atomic mass is 9.97. The van der Waals surface area contributed by atoms with Gasteiger partial charge in [-0.25, -0.2) is 4.79 Å². The van der Waals surface area contributed by atoms with Gasteiger partial charge in [-0.2, -0.15) is 0 Å². The molecule has 3 atom stereocenters. The standard InChI is InChI=1S/C40H45N3O6/c44-28-30-10-12-32(13-11-30)37-24-35(27-43-20-18-40(19-21-43)46-22-23-47-40)48-38(49-37)33-16-14-31(15-17-33)36-9-5-4-8-34(36)26-42-39(45)41-25-29-6-2-1-3-7-29/h1-17,35,37-38,44H,18-28H2,(H2,41,42,45). The average molecular weight is 664 g/mol. The number of carbonyl (C=O) groups is 1. The van der Waals surface area contributed by atoms with Gasteiger partial charge in [0.25, 0.3) is 0 Å². The Bertz CT molecular complexity index is 1650. The minimum atomic E-state index is -0.529. The summed E-state index contributed by atoms with van der Waals surface area (Å²) in [6, 6.07) is 34.1. The van der Waals surface area contributed by atoms with Gasteiger partial charge in [-0.1, -0.05) is 103 Å². The summed E-state index contributed by atoms with van der Waals surface area (Å²) in [5, 5.41) is 15.5. The molecular formula is C40H45N3O6. The summed E-state index contributed by atoms with van der Waals surface area (Å²) in [7, 11) is 0. The highest BCUT2D eigenvalue weighted by molar-refractivity contribution is 5.75. The summed E-state index contributed by atoms with van der Waals surface area (Å²) in [6.07, 6.45) is 1.76. The molecule has 9 nitrogen and oxygen atoms in total. The lowest BCUT2D eigenvalue weighted by Crippen LogP contribution is -2.48. The largest absolute Gasteiger partial charge is 0.392 e. The number of nitrogens with one attached hydrogen (secondary N) is 2. The van der Waals surface area contributed by atoms with Gasteiger partial charge in [0.05, 0.1) is 32.0 Å². The Labute approximate surface area is 288 Å². The van der Waals surface area contributed by atoms with Crippen LogP contribution in [0.2, 0.25) is 0 Å². The molecule has 3 heterocycles. The summed E-state index contributed by atoms with van der Waals surface area (Å²) < 4.78 is 25.2. The number of aliphatic hydroxyl groups excluding tert-OH is 1. The second-order valence-electron chi connectivity index (χ2n) is 13.1. The van der Waals surface area contributed by atoms with Gasteiger partial charge >= 0.3 is 6.03 Å². The predicted molar refractivity (Wildman–Crippen MR) is 186 cm³/mol. The number of piperidine rings is 1. The maximum atomic E-state index is 12.6. The molecule has 49 heavy (non-hydrogen) atoms. The Morgan fingerprint density at radius 2 is 1.43 bits per heavy atom. The predicted octanol–water partition coefficient (Wildman–Crippen LogP) is 6.23. The highest BCUT2D eigenvalue weighted by atomic mass is 16.7. The van der Waals surface area contributed by atoms with Crippen molar-refractivity contribution in [2.24, 2.45) is 0 Å². The minimum absolute atomic E-state index is 0.0110. The van der Waals surface area contributed by atoms with E-state index in [0.717, 1.165) is 77.8 Å². The Morgan fingerprint density at radius 3 is 2.16 bits per heavy atom. The summed E-state index contributed by atoms with van der Waals surface area (Å²) >= 11 is 0. The number of benzene rings is 4. The van der Waals surface area contributed by atoms with Crippen LogP contribution in [0.15, 0.2) is 103 Å². The minimum Gasteiger partial charge on any atom is -0.392 e. The maximum Gasteiger partial charge on any atom is 0.315 e. The van der Waals surface area contributed by atoms with Gasteiger partial charge in [0.1, 0.15) is 0 Å². The van der Waals surface area contributed by atoms with Crippen molar-refractivity contribution in [1.82, 2.24) is 15.5 Å². The van der Waals surface area contributed by atoms with Crippen molar-refractivity contribution in [1.29, 1.82) is 0 Å². The van der Waals surface area contributed by atoms with Gasteiger partial charge in [0, 0.05) is 57.5 Å². The Balaban J connectivity index is 1.02. The number of nitrogens with zero attached hydrogens (tertiary/aromatic N) is 1. The van der Waals surface area contributed by atoms with Crippen LogP contribution < -0.4 is 10.6 Å². The van der Waals surface area contributed by atoms with E-state index in [1.807, 2.05) is 72.8 Å². The van der Waals surface area contributed by atoms with Gasteiger partial charge in [-0.15, -0.1) is 0 Å². The van der Waals surface area contributed by atoms with Gasteiger partial charge in [0.15, 0.2) is 12.1 Å². The van der Waals surface area contributed by atoms with Crippen molar-refractivity contribution < 1.29 is 28.8 Å². The van der Waals surface area contributed by atoms with Crippen molar-refractivity contribution in [3.63, 3.8) is 0 Å². The first kappa shape index (κ1) is 33.4. The zero-order valence-electron chi connectivity index (χ0n) is 27.8. The summed E-state index contributed by atoms with van der Waals surface area (Å²) in [4.78, 5) is 15.0. The Kier molecular flexibility index (Phi) is 10.7. The first-order valence-electron chi connectivity index (χ1n) is 17.3. The quantitative estimate of drug-likeness (QED) is 0.185. The molecule has 0 aromatic heterocycles. The molecule has 3 aliphatic rings. The van der Waals surface area contributed by atoms with Crippen molar-refractivity contribution in [2.75, 3.05) is 32.8 Å². The van der Waals surface area contributed by atoms with Crippen LogP contribution in [-0.2, 0) is 38.6 Å². The molecule has 3 unspecified atom stereocenters. The second kappa shape index (κ2) is 15.6. The number of carbonyl (C=O) groups excluding carboxylic acids is 1. The molecule has 256 valence electrons. The average Bonchev–Trinajstić information content (AvgIpc) is 3.62. The van der Waals surface area contributed by atoms with E-state index in [9.17, 15) is 9.90 Å². The SMILES string of the molecule is O=C(NCc1ccccc1)NCc1ccccc1-c1ccc(C2OC(CN3CCC4(CC3)OCCO4)CC(c3ccc(CO)cc3)O2)cc1. The molecule has 3 saturated heterocycles. The van der Waals surface area contributed by atoms with Gasteiger partial charge < -0.3 is 39.6 Å². The van der Waals surface area contributed by atoms with Crippen molar-refractivity contribution in [3.8, 4) is 11.1 Å². The Morgan fingerprint density at radius 1 is 0.755 bits per heavy atom. The molecular weight excluding hydrogens is 618 g/mol. The highest BCUT2D eigenvalue weighted by Crippen LogP contribution is 2.39. The van der Waals surface area contributed by atoms with Crippen LogP contribution in [0.4, 0.5) is 4.79 Å². The molecule has 2 amide bonds. The van der Waals surface area contributed by atoms with Crippen molar-refractivity contribution >= 4 is 6.03 Å².